The van der Waals surface area contributed by atoms with Crippen molar-refractivity contribution < 1.29 is 5.11 Å². The van der Waals surface area contributed by atoms with E-state index in [9.17, 15) is 5.11 Å². The Morgan fingerprint density at radius 2 is 1.79 bits per heavy atom. The summed E-state index contributed by atoms with van der Waals surface area (Å²) in [6.45, 7) is 16.3. The lowest BCUT2D eigenvalue weighted by molar-refractivity contribution is 0.401. The van der Waals surface area contributed by atoms with Gasteiger partial charge in [0.1, 0.15) is 0 Å². The van der Waals surface area contributed by atoms with Crippen LogP contribution in [0.4, 0.5) is 5.69 Å². The maximum Gasteiger partial charge on any atom is 0.0895 e. The van der Waals surface area contributed by atoms with Gasteiger partial charge in [-0.3, -0.25) is 0 Å². The van der Waals surface area contributed by atoms with Crippen LogP contribution >= 0.6 is 0 Å². The van der Waals surface area contributed by atoms with E-state index in [0.29, 0.717) is 18.4 Å². The minimum absolute atomic E-state index is 0.186. The molecule has 1 atom stereocenters. The van der Waals surface area contributed by atoms with Gasteiger partial charge in [0.15, 0.2) is 0 Å². The highest BCUT2D eigenvalue weighted by molar-refractivity contribution is 5.59. The van der Waals surface area contributed by atoms with Crippen LogP contribution in [0.25, 0.3) is 0 Å². The van der Waals surface area contributed by atoms with Crippen molar-refractivity contribution in [3.63, 3.8) is 0 Å². The Bertz CT molecular complexity index is 462. The van der Waals surface area contributed by atoms with E-state index < -0.39 is 0 Å². The number of para-hydroxylation sites is 1. The number of anilines is 1. The Labute approximate surface area is 117 Å². The standard InChI is InChI=1S/C17H25NO/c1-12(2)15(6)18(13(3)4)17-10-8-7-9-16(17)11-14(5)19/h7-10,12,15,19H,3,5,11H2,1-2,4,6H3. The third-order valence-electron chi connectivity index (χ3n) is 3.43. The van der Waals surface area contributed by atoms with Gasteiger partial charge in [-0.1, -0.05) is 45.2 Å². The van der Waals surface area contributed by atoms with Crippen molar-refractivity contribution in [2.24, 2.45) is 5.92 Å². The zero-order valence-electron chi connectivity index (χ0n) is 12.5. The molecular weight excluding hydrogens is 234 g/mol. The van der Waals surface area contributed by atoms with E-state index in [0.717, 1.165) is 16.9 Å². The largest absolute Gasteiger partial charge is 0.513 e. The zero-order valence-corrected chi connectivity index (χ0v) is 12.5. The fourth-order valence-electron chi connectivity index (χ4n) is 2.19. The molecule has 0 saturated heterocycles. The predicted molar refractivity (Wildman–Crippen MR) is 83.5 cm³/mol. The molecule has 0 aromatic heterocycles. The second kappa shape index (κ2) is 6.46. The van der Waals surface area contributed by atoms with E-state index in [4.69, 9.17) is 0 Å². The first kappa shape index (κ1) is 15.4. The number of benzene rings is 1. The number of aliphatic hydroxyl groups excluding tert-OH is 1. The topological polar surface area (TPSA) is 23.5 Å². The first-order valence-electron chi connectivity index (χ1n) is 6.74. The third-order valence-corrected chi connectivity index (χ3v) is 3.43. The lowest BCUT2D eigenvalue weighted by Gasteiger charge is -2.35. The van der Waals surface area contributed by atoms with Crippen LogP contribution in [0.3, 0.4) is 0 Å². The van der Waals surface area contributed by atoms with Gasteiger partial charge < -0.3 is 10.0 Å². The first-order chi connectivity index (χ1) is 8.84. The smallest absolute Gasteiger partial charge is 0.0895 e. The number of rotatable bonds is 6. The van der Waals surface area contributed by atoms with Crippen LogP contribution in [0.2, 0.25) is 0 Å². The molecule has 0 heterocycles. The molecule has 1 rings (SSSR count). The van der Waals surface area contributed by atoms with Crippen LogP contribution in [0.5, 0.6) is 0 Å². The van der Waals surface area contributed by atoms with Crippen molar-refractivity contribution in [2.45, 2.75) is 40.2 Å². The lowest BCUT2D eigenvalue weighted by atomic mass is 10.0. The summed E-state index contributed by atoms with van der Waals surface area (Å²) < 4.78 is 0. The summed E-state index contributed by atoms with van der Waals surface area (Å²) in [7, 11) is 0. The molecule has 2 heteroatoms. The molecule has 0 aliphatic rings. The molecule has 2 nitrogen and oxygen atoms in total. The minimum Gasteiger partial charge on any atom is -0.513 e. The van der Waals surface area contributed by atoms with Crippen LogP contribution in [0, 0.1) is 5.92 Å². The number of aliphatic hydroxyl groups is 1. The lowest BCUT2D eigenvalue weighted by Crippen LogP contribution is -2.35. The Morgan fingerprint density at radius 1 is 1.21 bits per heavy atom. The van der Waals surface area contributed by atoms with Crippen molar-refractivity contribution in [1.29, 1.82) is 0 Å². The summed E-state index contributed by atoms with van der Waals surface area (Å²) in [4.78, 5) is 2.24. The molecule has 0 aliphatic carbocycles. The molecule has 1 aromatic rings. The fraction of sp³-hybridized carbons (Fsp3) is 0.412. The van der Waals surface area contributed by atoms with E-state index in [2.05, 4.69) is 44.9 Å². The van der Waals surface area contributed by atoms with Gasteiger partial charge in [0.25, 0.3) is 0 Å². The summed E-state index contributed by atoms with van der Waals surface area (Å²) in [5, 5.41) is 9.46. The highest BCUT2D eigenvalue weighted by Crippen LogP contribution is 2.29. The number of hydrogen-bond donors (Lipinski definition) is 1. The molecule has 1 aromatic carbocycles. The summed E-state index contributed by atoms with van der Waals surface area (Å²) in [5.41, 5.74) is 3.19. The Morgan fingerprint density at radius 3 is 2.26 bits per heavy atom. The van der Waals surface area contributed by atoms with Crippen LogP contribution < -0.4 is 4.90 Å². The van der Waals surface area contributed by atoms with Crippen LogP contribution in [-0.4, -0.2) is 11.1 Å². The quantitative estimate of drug-likeness (QED) is 0.749. The third kappa shape index (κ3) is 3.88. The summed E-state index contributed by atoms with van der Waals surface area (Å²) in [5.74, 6) is 0.702. The van der Waals surface area contributed by atoms with Gasteiger partial charge in [0, 0.05) is 23.8 Å². The van der Waals surface area contributed by atoms with E-state index in [-0.39, 0.29) is 5.76 Å². The van der Waals surface area contributed by atoms with Crippen LogP contribution in [0.15, 0.2) is 48.9 Å². The number of allylic oxidation sites excluding steroid dienone is 2. The van der Waals surface area contributed by atoms with Gasteiger partial charge in [-0.25, -0.2) is 0 Å². The molecule has 104 valence electrons. The highest BCUT2D eigenvalue weighted by Gasteiger charge is 2.20. The Hall–Kier alpha value is -1.70. The summed E-state index contributed by atoms with van der Waals surface area (Å²) >= 11 is 0. The molecule has 0 saturated carbocycles. The second-order valence-electron chi connectivity index (χ2n) is 5.46. The van der Waals surface area contributed by atoms with Crippen LogP contribution in [-0.2, 0) is 6.42 Å². The molecule has 19 heavy (non-hydrogen) atoms. The summed E-state index contributed by atoms with van der Waals surface area (Å²) in [6, 6.07) is 8.46. The minimum atomic E-state index is 0.186. The van der Waals surface area contributed by atoms with E-state index in [1.54, 1.807) is 0 Å². The van der Waals surface area contributed by atoms with Gasteiger partial charge in [-0.05, 0) is 31.4 Å². The highest BCUT2D eigenvalue weighted by atomic mass is 16.3. The average Bonchev–Trinajstić information content (AvgIpc) is 2.30. The molecular formula is C17H25NO. The maximum absolute atomic E-state index is 9.46. The molecule has 0 amide bonds. The SMILES string of the molecule is C=C(O)Cc1ccccc1N(C(=C)C)C(C)C(C)C. The van der Waals surface area contributed by atoms with Crippen molar-refractivity contribution in [3.05, 3.63) is 54.4 Å². The van der Waals surface area contributed by atoms with Crippen molar-refractivity contribution in [3.8, 4) is 0 Å². The van der Waals surface area contributed by atoms with E-state index >= 15 is 0 Å². The van der Waals surface area contributed by atoms with Gasteiger partial charge >= 0.3 is 0 Å². The molecule has 1 N–H and O–H groups in total. The zero-order chi connectivity index (χ0) is 14.6. The van der Waals surface area contributed by atoms with Gasteiger partial charge in [-0.2, -0.15) is 0 Å². The predicted octanol–water partition coefficient (Wildman–Crippen LogP) is 4.69. The van der Waals surface area contributed by atoms with Crippen molar-refractivity contribution >= 4 is 5.69 Å². The second-order valence-corrected chi connectivity index (χ2v) is 5.46. The average molecular weight is 259 g/mol. The first-order valence-corrected chi connectivity index (χ1v) is 6.74. The van der Waals surface area contributed by atoms with Crippen LogP contribution in [0.1, 0.15) is 33.3 Å². The maximum atomic E-state index is 9.46. The van der Waals surface area contributed by atoms with Gasteiger partial charge in [-0.15, -0.1) is 0 Å². The Kier molecular flexibility index (Phi) is 5.22. The Balaban J connectivity index is 3.23. The number of hydrogen-bond acceptors (Lipinski definition) is 2. The van der Waals surface area contributed by atoms with Crippen molar-refractivity contribution in [2.75, 3.05) is 4.90 Å². The molecule has 0 bridgehead atoms. The molecule has 0 spiro atoms. The van der Waals surface area contributed by atoms with Gasteiger partial charge in [0.05, 0.1) is 5.76 Å². The molecule has 0 radical (unpaired) electrons. The molecule has 0 fully saturated rings. The normalized spacial score (nSPS) is 12.3. The van der Waals surface area contributed by atoms with E-state index in [1.807, 2.05) is 25.1 Å². The van der Waals surface area contributed by atoms with Gasteiger partial charge in [0.2, 0.25) is 0 Å². The monoisotopic (exact) mass is 259 g/mol. The molecule has 1 unspecified atom stereocenters. The summed E-state index contributed by atoms with van der Waals surface area (Å²) in [6.07, 6.45) is 0.477. The molecule has 0 aliphatic heterocycles. The fourth-order valence-corrected chi connectivity index (χ4v) is 2.19. The van der Waals surface area contributed by atoms with Crippen molar-refractivity contribution in [1.82, 2.24) is 0 Å². The van der Waals surface area contributed by atoms with E-state index in [1.165, 1.54) is 0 Å². The number of nitrogens with zero attached hydrogens (tertiary/aromatic N) is 1.